The minimum absolute atomic E-state index is 0.139. The molecule has 4 nitrogen and oxygen atoms in total. The van der Waals surface area contributed by atoms with E-state index < -0.39 is 14.3 Å². The molecule has 0 radical (unpaired) electrons. The summed E-state index contributed by atoms with van der Waals surface area (Å²) in [6.07, 6.45) is 5.09. The molecule has 0 amide bonds. The van der Waals surface area contributed by atoms with Crippen LogP contribution in [0.3, 0.4) is 0 Å². The van der Waals surface area contributed by atoms with E-state index in [1.165, 1.54) is 19.8 Å². The predicted molar refractivity (Wildman–Crippen MR) is 134 cm³/mol. The number of allylic oxidation sites excluding steroid dienone is 3. The normalized spacial score (nSPS) is 17.0. The molecule has 3 atom stereocenters. The fourth-order valence-corrected chi connectivity index (χ4v) is 7.04. The topological polar surface area (TPSA) is 44.8 Å². The van der Waals surface area contributed by atoms with Crippen LogP contribution in [0.4, 0.5) is 0 Å². The van der Waals surface area contributed by atoms with Gasteiger partial charge in [-0.05, 0) is 60.4 Å². The molecule has 0 aliphatic carbocycles. The number of ether oxygens (including phenoxy) is 2. The first-order chi connectivity index (χ1) is 13.6. The molecule has 0 N–H and O–H groups in total. The lowest BCUT2D eigenvalue weighted by molar-refractivity contribution is -0.139. The molecule has 0 spiro atoms. The molecule has 0 fully saturated rings. The lowest BCUT2D eigenvalue weighted by atomic mass is 9.88. The van der Waals surface area contributed by atoms with E-state index in [-0.39, 0.29) is 17.8 Å². The van der Waals surface area contributed by atoms with Crippen LogP contribution >= 0.6 is 22.6 Å². The molecule has 168 valence electrons. The van der Waals surface area contributed by atoms with Gasteiger partial charge >= 0.3 is 5.97 Å². The molecule has 0 aliphatic heterocycles. The van der Waals surface area contributed by atoms with Crippen molar-refractivity contribution in [2.24, 2.45) is 11.8 Å². The number of carbonyl (C=O) groups excluding carboxylic acids is 1. The third kappa shape index (κ3) is 9.38. The Labute approximate surface area is 193 Å². The summed E-state index contributed by atoms with van der Waals surface area (Å²) in [5, 5.41) is 0. The maximum atomic E-state index is 11.8. The van der Waals surface area contributed by atoms with Crippen LogP contribution in [0.25, 0.3) is 0 Å². The quantitative estimate of drug-likeness (QED) is 0.0633. The Balaban J connectivity index is 5.86. The van der Waals surface area contributed by atoms with E-state index in [0.29, 0.717) is 5.92 Å². The fraction of sp³-hybridized carbons (Fsp3) is 0.696. The van der Waals surface area contributed by atoms with Gasteiger partial charge in [0.15, 0.2) is 8.32 Å². The van der Waals surface area contributed by atoms with Crippen molar-refractivity contribution in [1.82, 2.24) is 0 Å². The Bertz CT molecular complexity index is 585. The second kappa shape index (κ2) is 14.4. The van der Waals surface area contributed by atoms with Crippen LogP contribution in [-0.4, -0.2) is 34.6 Å². The average molecular weight is 537 g/mol. The minimum Gasteiger partial charge on any atom is -0.490 e. The molecule has 0 saturated carbocycles. The lowest BCUT2D eigenvalue weighted by Gasteiger charge is -2.38. The first-order valence-corrected chi connectivity index (χ1v) is 14.4. The first-order valence-electron chi connectivity index (χ1n) is 10.6. The molecule has 0 bridgehead atoms. The predicted octanol–water partition coefficient (Wildman–Crippen LogP) is 7.03. The Morgan fingerprint density at radius 2 is 1.59 bits per heavy atom. The molecule has 0 heterocycles. The molecule has 0 saturated heterocycles. The van der Waals surface area contributed by atoms with Crippen LogP contribution in [-0.2, 0) is 18.7 Å². The summed E-state index contributed by atoms with van der Waals surface area (Å²) in [7, 11) is 1.09. The van der Waals surface area contributed by atoms with Crippen molar-refractivity contribution < 1.29 is 18.7 Å². The molecular weight excluding hydrogens is 495 g/mol. The highest BCUT2D eigenvalue weighted by Crippen LogP contribution is 2.32. The van der Waals surface area contributed by atoms with Gasteiger partial charge in [0, 0.05) is 0 Å². The number of carbonyl (C=O) groups is 1. The summed E-state index contributed by atoms with van der Waals surface area (Å²) in [4.78, 5) is 11.8. The van der Waals surface area contributed by atoms with E-state index >= 15 is 0 Å². The van der Waals surface area contributed by atoms with Gasteiger partial charge in [0.05, 0.1) is 20.3 Å². The molecule has 0 aliphatic rings. The molecule has 0 aromatic rings. The molecule has 0 rings (SSSR count). The van der Waals surface area contributed by atoms with Gasteiger partial charge in [-0.15, -0.1) is 0 Å². The molecule has 0 unspecified atom stereocenters. The third-order valence-electron chi connectivity index (χ3n) is 5.72. The van der Waals surface area contributed by atoms with Gasteiger partial charge in [0.2, 0.25) is 5.76 Å². The van der Waals surface area contributed by atoms with E-state index in [9.17, 15) is 4.79 Å². The zero-order chi connectivity index (χ0) is 22.6. The van der Waals surface area contributed by atoms with E-state index in [2.05, 4.69) is 74.3 Å². The van der Waals surface area contributed by atoms with Crippen LogP contribution in [0.5, 0.6) is 0 Å². The van der Waals surface area contributed by atoms with Crippen LogP contribution in [0.2, 0.25) is 18.1 Å². The zero-order valence-electron chi connectivity index (χ0n) is 19.8. The van der Waals surface area contributed by atoms with Crippen LogP contribution in [0, 0.1) is 11.8 Å². The summed E-state index contributed by atoms with van der Waals surface area (Å²) in [6, 6.07) is 3.40. The van der Waals surface area contributed by atoms with Crippen LogP contribution in [0.1, 0.15) is 54.9 Å². The summed E-state index contributed by atoms with van der Waals surface area (Å²) in [5.74, 6) is 0.368. The highest BCUT2D eigenvalue weighted by atomic mass is 127. The Morgan fingerprint density at radius 3 is 2.00 bits per heavy atom. The number of hydrogen-bond donors (Lipinski definition) is 0. The maximum absolute atomic E-state index is 11.8. The number of methoxy groups -OCH3 is 2. The van der Waals surface area contributed by atoms with Crippen molar-refractivity contribution in [1.29, 1.82) is 0 Å². The lowest BCUT2D eigenvalue weighted by Crippen LogP contribution is -2.44. The Kier molecular flexibility index (Phi) is 14.1. The highest BCUT2D eigenvalue weighted by molar-refractivity contribution is 14.1. The zero-order valence-corrected chi connectivity index (χ0v) is 23.0. The standard InChI is InChI=1S/C23H41IO4Si/c1-10-29(11-2,12-3)28-22(20(7)14-18(5)16-24)19(6)13-17(4)15-21(26-8)23(25)27-9/h13,15-16,19-20,22H,10-12,14H2,1-9H3/b17-13+,18-16+,21-15-/t19-,20+,22-/m1/s1. The van der Waals surface area contributed by atoms with Crippen LogP contribution in [0.15, 0.2) is 33.1 Å². The van der Waals surface area contributed by atoms with Crippen molar-refractivity contribution in [3.8, 4) is 0 Å². The van der Waals surface area contributed by atoms with Gasteiger partial charge in [-0.1, -0.05) is 74.4 Å². The van der Waals surface area contributed by atoms with E-state index in [1.807, 2.05) is 6.92 Å². The van der Waals surface area contributed by atoms with Crippen molar-refractivity contribution >= 4 is 36.9 Å². The van der Waals surface area contributed by atoms with Gasteiger partial charge < -0.3 is 13.9 Å². The number of esters is 1. The summed E-state index contributed by atoms with van der Waals surface area (Å²) < 4.78 is 19.1. The van der Waals surface area contributed by atoms with Crippen molar-refractivity contribution in [3.05, 3.63) is 33.1 Å². The Morgan fingerprint density at radius 1 is 1.03 bits per heavy atom. The van der Waals surface area contributed by atoms with E-state index in [4.69, 9.17) is 13.9 Å². The summed E-state index contributed by atoms with van der Waals surface area (Å²) >= 11 is 2.31. The molecule has 0 aromatic heterocycles. The molecule has 29 heavy (non-hydrogen) atoms. The molecule has 6 heteroatoms. The average Bonchev–Trinajstić information content (AvgIpc) is 2.72. The number of rotatable bonds is 13. The van der Waals surface area contributed by atoms with Gasteiger partial charge in [-0.25, -0.2) is 4.79 Å². The first kappa shape index (κ1) is 28.4. The van der Waals surface area contributed by atoms with Crippen molar-refractivity contribution in [3.63, 3.8) is 0 Å². The second-order valence-electron chi connectivity index (χ2n) is 7.94. The largest absolute Gasteiger partial charge is 0.490 e. The second-order valence-corrected chi connectivity index (χ2v) is 13.3. The van der Waals surface area contributed by atoms with Crippen molar-refractivity contribution in [2.45, 2.75) is 79.1 Å². The summed E-state index contributed by atoms with van der Waals surface area (Å²) in [6.45, 7) is 15.5. The smallest absolute Gasteiger partial charge is 0.373 e. The van der Waals surface area contributed by atoms with Crippen LogP contribution < -0.4 is 0 Å². The summed E-state index contributed by atoms with van der Waals surface area (Å²) in [5.41, 5.74) is 2.35. The van der Waals surface area contributed by atoms with Gasteiger partial charge in [0.1, 0.15) is 0 Å². The SMILES string of the molecule is CC[Si](CC)(CC)O[C@H]([C@H](C)/C=C(C)/C=C(\OC)C(=O)OC)[C@@H](C)C/C(C)=C/I. The number of halogens is 1. The molecular formula is C23H41IO4Si. The van der Waals surface area contributed by atoms with Gasteiger partial charge in [-0.2, -0.15) is 0 Å². The monoisotopic (exact) mass is 536 g/mol. The maximum Gasteiger partial charge on any atom is 0.373 e. The van der Waals surface area contributed by atoms with E-state index in [1.54, 1.807) is 6.08 Å². The fourth-order valence-electron chi connectivity index (χ4n) is 3.77. The third-order valence-corrected chi connectivity index (χ3v) is 11.4. The minimum atomic E-state index is -1.75. The van der Waals surface area contributed by atoms with Gasteiger partial charge in [0.25, 0.3) is 0 Å². The number of hydrogen-bond acceptors (Lipinski definition) is 4. The molecule has 0 aromatic carbocycles. The van der Waals surface area contributed by atoms with E-state index in [0.717, 1.165) is 30.1 Å². The Hall–Kier alpha value is -0.603. The highest BCUT2D eigenvalue weighted by Gasteiger charge is 2.35. The van der Waals surface area contributed by atoms with Crippen molar-refractivity contribution in [2.75, 3.05) is 14.2 Å². The van der Waals surface area contributed by atoms with Gasteiger partial charge in [-0.3, -0.25) is 0 Å².